The lowest BCUT2D eigenvalue weighted by Crippen LogP contribution is -2.40. The number of carboxylic acid groups (broad SMARTS) is 1. The van der Waals surface area contributed by atoms with Crippen molar-refractivity contribution in [3.63, 3.8) is 0 Å². The smallest absolute Gasteiger partial charge is 0.326 e. The van der Waals surface area contributed by atoms with Crippen molar-refractivity contribution in [1.82, 2.24) is 5.32 Å². The highest BCUT2D eigenvalue weighted by molar-refractivity contribution is 7.98. The number of thioether (sulfide) groups is 1. The van der Waals surface area contributed by atoms with E-state index >= 15 is 0 Å². The number of carbonyl (C=O) groups excluding carboxylic acids is 1. The summed E-state index contributed by atoms with van der Waals surface area (Å²) in [5.74, 6) is -0.672. The van der Waals surface area contributed by atoms with E-state index in [9.17, 15) is 9.59 Å². The first-order valence-electron chi connectivity index (χ1n) is 5.79. The third-order valence-corrected chi connectivity index (χ3v) is 4.14. The van der Waals surface area contributed by atoms with Gasteiger partial charge in [0.1, 0.15) is 6.04 Å². The molecule has 0 bridgehead atoms. The summed E-state index contributed by atoms with van der Waals surface area (Å²) in [5.41, 5.74) is 1.10. The molecule has 1 atom stereocenters. The molecule has 0 aliphatic heterocycles. The molecule has 1 aromatic heterocycles. The summed E-state index contributed by atoms with van der Waals surface area (Å²) >= 11 is 3.10. The standard InChI is InChI=1S/C13H17NO3S2/c1-9-5-8-19-11(9)3-4-12(15)14-10(13(16)17)6-7-18-2/h3-5,8,10H,6-7H2,1-2H3,(H,14,15)(H,16,17)/b4-3+/t10-/m0/s1. The first-order valence-corrected chi connectivity index (χ1v) is 8.06. The fraction of sp³-hybridized carbons (Fsp3) is 0.385. The van der Waals surface area contributed by atoms with Crippen LogP contribution in [0.5, 0.6) is 0 Å². The summed E-state index contributed by atoms with van der Waals surface area (Å²) in [4.78, 5) is 23.7. The topological polar surface area (TPSA) is 66.4 Å². The third-order valence-electron chi connectivity index (χ3n) is 2.51. The summed E-state index contributed by atoms with van der Waals surface area (Å²) in [5, 5.41) is 13.4. The van der Waals surface area contributed by atoms with E-state index in [0.29, 0.717) is 12.2 Å². The molecule has 4 nitrogen and oxygen atoms in total. The first kappa shape index (κ1) is 15.8. The van der Waals surface area contributed by atoms with Crippen LogP contribution in [0.4, 0.5) is 0 Å². The van der Waals surface area contributed by atoms with Crippen LogP contribution in [-0.4, -0.2) is 35.0 Å². The zero-order valence-electron chi connectivity index (χ0n) is 10.9. The minimum absolute atomic E-state index is 0.374. The molecule has 0 saturated heterocycles. The van der Waals surface area contributed by atoms with Gasteiger partial charge in [0, 0.05) is 11.0 Å². The Morgan fingerprint density at radius 2 is 2.32 bits per heavy atom. The van der Waals surface area contributed by atoms with Gasteiger partial charge in [0.15, 0.2) is 0 Å². The largest absolute Gasteiger partial charge is 0.480 e. The number of nitrogens with one attached hydrogen (secondary N) is 1. The second-order valence-corrected chi connectivity index (χ2v) is 5.92. The van der Waals surface area contributed by atoms with Gasteiger partial charge in [-0.15, -0.1) is 11.3 Å². The van der Waals surface area contributed by atoms with E-state index in [1.807, 2.05) is 24.6 Å². The third kappa shape index (κ3) is 5.48. The number of amides is 1. The number of aryl methyl sites for hydroxylation is 1. The Hall–Kier alpha value is -1.27. The van der Waals surface area contributed by atoms with Crippen molar-refractivity contribution in [3.8, 4) is 0 Å². The van der Waals surface area contributed by atoms with Crippen LogP contribution in [0.2, 0.25) is 0 Å². The number of hydrogen-bond acceptors (Lipinski definition) is 4. The Kier molecular flexibility index (Phi) is 6.66. The predicted molar refractivity (Wildman–Crippen MR) is 80.7 cm³/mol. The lowest BCUT2D eigenvalue weighted by molar-refractivity contribution is -0.141. The van der Waals surface area contributed by atoms with Gasteiger partial charge in [-0.1, -0.05) is 0 Å². The van der Waals surface area contributed by atoms with Crippen molar-refractivity contribution in [2.45, 2.75) is 19.4 Å². The van der Waals surface area contributed by atoms with E-state index in [4.69, 9.17) is 5.11 Å². The molecule has 0 aromatic carbocycles. The second kappa shape index (κ2) is 8.01. The lowest BCUT2D eigenvalue weighted by Gasteiger charge is -2.12. The molecular weight excluding hydrogens is 282 g/mol. The van der Waals surface area contributed by atoms with Crippen LogP contribution in [-0.2, 0) is 9.59 Å². The Morgan fingerprint density at radius 1 is 1.58 bits per heavy atom. The van der Waals surface area contributed by atoms with Gasteiger partial charge < -0.3 is 10.4 Å². The van der Waals surface area contributed by atoms with Crippen molar-refractivity contribution >= 4 is 41.1 Å². The molecular formula is C13H17NO3S2. The predicted octanol–water partition coefficient (Wildman–Crippen LogP) is 2.39. The van der Waals surface area contributed by atoms with E-state index < -0.39 is 12.0 Å². The van der Waals surface area contributed by atoms with E-state index in [2.05, 4.69) is 5.32 Å². The van der Waals surface area contributed by atoms with Gasteiger partial charge in [0.05, 0.1) is 0 Å². The molecule has 0 radical (unpaired) electrons. The minimum atomic E-state index is -0.997. The highest BCUT2D eigenvalue weighted by Gasteiger charge is 2.17. The molecule has 0 saturated carbocycles. The number of hydrogen-bond donors (Lipinski definition) is 2. The highest BCUT2D eigenvalue weighted by Crippen LogP contribution is 2.16. The Bertz CT molecular complexity index is 468. The zero-order chi connectivity index (χ0) is 14.3. The van der Waals surface area contributed by atoms with Gasteiger partial charge in [-0.05, 0) is 48.4 Å². The maximum absolute atomic E-state index is 11.7. The number of aliphatic carboxylic acids is 1. The first-order chi connectivity index (χ1) is 9.04. The van der Waals surface area contributed by atoms with Gasteiger partial charge >= 0.3 is 5.97 Å². The summed E-state index contributed by atoms with van der Waals surface area (Å²) in [6.07, 6.45) is 5.42. The summed E-state index contributed by atoms with van der Waals surface area (Å²) < 4.78 is 0. The Labute approximate surface area is 120 Å². The van der Waals surface area contributed by atoms with Crippen LogP contribution >= 0.6 is 23.1 Å². The van der Waals surface area contributed by atoms with E-state index in [1.165, 1.54) is 6.08 Å². The maximum Gasteiger partial charge on any atom is 0.326 e. The highest BCUT2D eigenvalue weighted by atomic mass is 32.2. The maximum atomic E-state index is 11.7. The number of rotatable bonds is 7. The van der Waals surface area contributed by atoms with Crippen LogP contribution in [0.15, 0.2) is 17.5 Å². The van der Waals surface area contributed by atoms with Crippen molar-refractivity contribution in [3.05, 3.63) is 28.0 Å². The molecule has 0 aliphatic rings. The van der Waals surface area contributed by atoms with Crippen molar-refractivity contribution in [2.24, 2.45) is 0 Å². The Morgan fingerprint density at radius 3 is 2.84 bits per heavy atom. The average molecular weight is 299 g/mol. The fourth-order valence-corrected chi connectivity index (χ4v) is 2.71. The lowest BCUT2D eigenvalue weighted by atomic mass is 10.2. The van der Waals surface area contributed by atoms with Crippen LogP contribution in [0, 0.1) is 6.92 Å². The molecule has 1 aromatic rings. The number of thiophene rings is 1. The number of carbonyl (C=O) groups is 2. The molecule has 19 heavy (non-hydrogen) atoms. The molecule has 0 fully saturated rings. The van der Waals surface area contributed by atoms with Crippen molar-refractivity contribution in [2.75, 3.05) is 12.0 Å². The van der Waals surface area contributed by atoms with Gasteiger partial charge in [-0.25, -0.2) is 4.79 Å². The monoisotopic (exact) mass is 299 g/mol. The van der Waals surface area contributed by atoms with Crippen LogP contribution < -0.4 is 5.32 Å². The molecule has 2 N–H and O–H groups in total. The molecule has 0 aliphatic carbocycles. The van der Waals surface area contributed by atoms with Gasteiger partial charge in [-0.2, -0.15) is 11.8 Å². The minimum Gasteiger partial charge on any atom is -0.480 e. The molecule has 6 heteroatoms. The Balaban J connectivity index is 2.55. The zero-order valence-corrected chi connectivity index (χ0v) is 12.5. The van der Waals surface area contributed by atoms with Gasteiger partial charge in [0.2, 0.25) is 5.91 Å². The normalized spacial score (nSPS) is 12.5. The SMILES string of the molecule is CSCC[C@H](NC(=O)/C=C/c1sccc1C)C(=O)O. The van der Waals surface area contributed by atoms with E-state index in [-0.39, 0.29) is 5.91 Å². The molecule has 0 unspecified atom stereocenters. The van der Waals surface area contributed by atoms with E-state index in [1.54, 1.807) is 29.2 Å². The second-order valence-electron chi connectivity index (χ2n) is 3.98. The van der Waals surface area contributed by atoms with Gasteiger partial charge in [-0.3, -0.25) is 4.79 Å². The molecule has 1 amide bonds. The van der Waals surface area contributed by atoms with Crippen molar-refractivity contribution in [1.29, 1.82) is 0 Å². The fourth-order valence-electron chi connectivity index (χ4n) is 1.42. The molecule has 0 spiro atoms. The molecule has 1 rings (SSSR count). The molecule has 104 valence electrons. The number of carboxylic acids is 1. The van der Waals surface area contributed by atoms with E-state index in [0.717, 1.165) is 10.4 Å². The van der Waals surface area contributed by atoms with Crippen LogP contribution in [0.1, 0.15) is 16.9 Å². The van der Waals surface area contributed by atoms with Gasteiger partial charge in [0.25, 0.3) is 0 Å². The van der Waals surface area contributed by atoms with Crippen molar-refractivity contribution < 1.29 is 14.7 Å². The van der Waals surface area contributed by atoms with Crippen LogP contribution in [0.3, 0.4) is 0 Å². The summed E-state index contributed by atoms with van der Waals surface area (Å²) in [6, 6.07) is 1.15. The molecule has 1 heterocycles. The van der Waals surface area contributed by atoms with Crippen LogP contribution in [0.25, 0.3) is 6.08 Å². The quantitative estimate of drug-likeness (QED) is 0.759. The average Bonchev–Trinajstić information content (AvgIpc) is 2.77. The summed E-state index contributed by atoms with van der Waals surface area (Å²) in [7, 11) is 0. The summed E-state index contributed by atoms with van der Waals surface area (Å²) in [6.45, 7) is 1.96.